The van der Waals surface area contributed by atoms with Gasteiger partial charge in [0.2, 0.25) is 0 Å². The molecule has 5 nitrogen and oxygen atoms in total. The van der Waals surface area contributed by atoms with Crippen molar-refractivity contribution in [3.63, 3.8) is 0 Å². The smallest absolute Gasteiger partial charge is 0.326 e. The average Bonchev–Trinajstić information content (AvgIpc) is 2.94. The van der Waals surface area contributed by atoms with E-state index in [4.69, 9.17) is 4.74 Å². The van der Waals surface area contributed by atoms with E-state index in [1.54, 1.807) is 36.4 Å². The van der Waals surface area contributed by atoms with Gasteiger partial charge in [-0.1, -0.05) is 86.6 Å². The molecule has 0 spiro atoms. The number of aliphatic carboxylic acids is 1. The number of carboxylic acid groups (broad SMARTS) is 1. The van der Waals surface area contributed by atoms with Crippen molar-refractivity contribution in [1.82, 2.24) is 0 Å². The van der Waals surface area contributed by atoms with E-state index in [1.807, 2.05) is 42.5 Å². The molecule has 2 N–H and O–H groups in total. The lowest BCUT2D eigenvalue weighted by Gasteiger charge is -2.18. The highest BCUT2D eigenvalue weighted by molar-refractivity contribution is 6.12. The average molecular weight is 522 g/mol. The quantitative estimate of drug-likeness (QED) is 0.195. The zero-order valence-corrected chi connectivity index (χ0v) is 22.7. The number of rotatable bonds is 12. The van der Waals surface area contributed by atoms with Crippen molar-refractivity contribution in [3.8, 4) is 5.75 Å². The summed E-state index contributed by atoms with van der Waals surface area (Å²) in [5.74, 6) is 0.107. The highest BCUT2D eigenvalue weighted by Crippen LogP contribution is 2.23. The largest absolute Gasteiger partial charge is 0.493 e. The van der Waals surface area contributed by atoms with Gasteiger partial charge in [0.1, 0.15) is 11.8 Å². The third-order valence-corrected chi connectivity index (χ3v) is 6.87. The number of ketones is 1. The molecule has 4 rings (SSSR count). The van der Waals surface area contributed by atoms with E-state index in [0.29, 0.717) is 29.3 Å². The number of carbonyl (C=O) groups excluding carboxylic acids is 1. The van der Waals surface area contributed by atoms with Crippen LogP contribution < -0.4 is 10.1 Å². The molecule has 0 aliphatic heterocycles. The Balaban J connectivity index is 1.37. The highest BCUT2D eigenvalue weighted by Gasteiger charge is 2.21. The minimum absolute atomic E-state index is 0.157. The molecule has 0 aromatic heterocycles. The topological polar surface area (TPSA) is 75.6 Å². The first-order valence-corrected chi connectivity index (χ1v) is 13.3. The zero-order chi connectivity index (χ0) is 27.8. The van der Waals surface area contributed by atoms with Gasteiger partial charge in [-0.05, 0) is 59.4 Å². The Kier molecular flexibility index (Phi) is 9.16. The molecular weight excluding hydrogens is 486 g/mol. The molecule has 0 heterocycles. The molecule has 0 bridgehead atoms. The maximum Gasteiger partial charge on any atom is 0.326 e. The van der Waals surface area contributed by atoms with E-state index in [2.05, 4.69) is 44.3 Å². The number of hydrogen-bond acceptors (Lipinski definition) is 4. The van der Waals surface area contributed by atoms with Crippen molar-refractivity contribution >= 4 is 17.4 Å². The van der Waals surface area contributed by atoms with Gasteiger partial charge < -0.3 is 15.2 Å². The number of anilines is 1. The lowest BCUT2D eigenvalue weighted by atomic mass is 9.97. The van der Waals surface area contributed by atoms with Gasteiger partial charge in [-0.25, -0.2) is 4.79 Å². The predicted molar refractivity (Wildman–Crippen MR) is 156 cm³/mol. The Morgan fingerprint density at radius 1 is 0.872 bits per heavy atom. The molecule has 0 aliphatic rings. The van der Waals surface area contributed by atoms with E-state index in [0.717, 1.165) is 17.7 Å². The normalized spacial score (nSPS) is 11.7. The standard InChI is InChI=1S/C34H35NO4/c1-23(2)28-16-15-26(24(3)21-28)19-20-39-29-17-13-25(14-18-29)22-32(34(37)38)35-31-12-8-7-11-30(31)33(36)27-9-5-4-6-10-27/h4-18,21,23,32,35H,19-20,22H2,1-3H3,(H,37,38)/t32-/m0/s1. The molecule has 39 heavy (non-hydrogen) atoms. The van der Waals surface area contributed by atoms with Gasteiger partial charge in [-0.3, -0.25) is 4.79 Å². The van der Waals surface area contributed by atoms with Gasteiger partial charge in [0.25, 0.3) is 0 Å². The van der Waals surface area contributed by atoms with E-state index in [9.17, 15) is 14.7 Å². The van der Waals surface area contributed by atoms with Crippen LogP contribution in [0, 0.1) is 6.92 Å². The number of hydrogen-bond donors (Lipinski definition) is 2. The number of benzene rings is 4. The van der Waals surface area contributed by atoms with Crippen LogP contribution in [-0.4, -0.2) is 29.5 Å². The fourth-order valence-electron chi connectivity index (χ4n) is 4.53. The summed E-state index contributed by atoms with van der Waals surface area (Å²) in [6.07, 6.45) is 1.07. The van der Waals surface area contributed by atoms with Crippen LogP contribution in [0.2, 0.25) is 0 Å². The van der Waals surface area contributed by atoms with Crippen LogP contribution in [0.1, 0.15) is 57.9 Å². The predicted octanol–water partition coefficient (Wildman–Crippen LogP) is 7.08. The first-order chi connectivity index (χ1) is 18.8. The monoisotopic (exact) mass is 521 g/mol. The maximum absolute atomic E-state index is 13.1. The molecular formula is C34H35NO4. The molecule has 5 heteroatoms. The summed E-state index contributed by atoms with van der Waals surface area (Å²) >= 11 is 0. The van der Waals surface area contributed by atoms with Crippen LogP contribution in [0.4, 0.5) is 5.69 Å². The summed E-state index contributed by atoms with van der Waals surface area (Å²) in [4.78, 5) is 25.2. The lowest BCUT2D eigenvalue weighted by Crippen LogP contribution is -2.32. The SMILES string of the molecule is Cc1cc(C(C)C)ccc1CCOc1ccc(C[C@H](Nc2ccccc2C(=O)c2ccccc2)C(=O)O)cc1. The van der Waals surface area contributed by atoms with E-state index < -0.39 is 12.0 Å². The molecule has 4 aromatic rings. The number of ether oxygens (including phenoxy) is 1. The summed E-state index contributed by atoms with van der Waals surface area (Å²) < 4.78 is 5.96. The number of carboxylic acids is 1. The molecule has 0 unspecified atom stereocenters. The number of aryl methyl sites for hydroxylation is 1. The number of para-hydroxylation sites is 1. The van der Waals surface area contributed by atoms with Crippen LogP contribution in [0.3, 0.4) is 0 Å². The molecule has 0 fully saturated rings. The van der Waals surface area contributed by atoms with Gasteiger partial charge >= 0.3 is 5.97 Å². The third kappa shape index (κ3) is 7.35. The fraction of sp³-hybridized carbons (Fsp3) is 0.235. The first kappa shape index (κ1) is 27.6. The molecule has 200 valence electrons. The Labute approximate surface area is 230 Å². The Hall–Kier alpha value is -4.38. The van der Waals surface area contributed by atoms with Crippen LogP contribution in [0.5, 0.6) is 5.75 Å². The molecule has 0 saturated carbocycles. The van der Waals surface area contributed by atoms with Crippen molar-refractivity contribution in [2.75, 3.05) is 11.9 Å². The highest BCUT2D eigenvalue weighted by atomic mass is 16.5. The number of carbonyl (C=O) groups is 2. The molecule has 0 amide bonds. The summed E-state index contributed by atoms with van der Waals surface area (Å²) in [7, 11) is 0. The minimum Gasteiger partial charge on any atom is -0.493 e. The Bertz CT molecular complexity index is 1410. The Morgan fingerprint density at radius 2 is 1.56 bits per heavy atom. The molecule has 4 aromatic carbocycles. The first-order valence-electron chi connectivity index (χ1n) is 13.3. The maximum atomic E-state index is 13.1. The van der Waals surface area contributed by atoms with Gasteiger partial charge in [0.05, 0.1) is 6.61 Å². The third-order valence-electron chi connectivity index (χ3n) is 6.87. The van der Waals surface area contributed by atoms with Gasteiger partial charge in [-0.15, -0.1) is 0 Å². The molecule has 0 radical (unpaired) electrons. The van der Waals surface area contributed by atoms with Crippen molar-refractivity contribution in [2.45, 2.75) is 45.6 Å². The minimum atomic E-state index is -0.990. The summed E-state index contributed by atoms with van der Waals surface area (Å²) in [6.45, 7) is 7.09. The van der Waals surface area contributed by atoms with Crippen LogP contribution in [-0.2, 0) is 17.6 Å². The molecule has 0 aliphatic carbocycles. The Morgan fingerprint density at radius 3 is 2.23 bits per heavy atom. The second-order valence-corrected chi connectivity index (χ2v) is 10.1. The number of nitrogens with one attached hydrogen (secondary N) is 1. The lowest BCUT2D eigenvalue weighted by molar-refractivity contribution is -0.137. The van der Waals surface area contributed by atoms with E-state index >= 15 is 0 Å². The second kappa shape index (κ2) is 12.9. The van der Waals surface area contributed by atoms with Crippen molar-refractivity contribution < 1.29 is 19.4 Å². The van der Waals surface area contributed by atoms with Crippen LogP contribution in [0.15, 0.2) is 97.1 Å². The summed E-state index contributed by atoms with van der Waals surface area (Å²) in [5, 5.41) is 13.0. The van der Waals surface area contributed by atoms with Crippen molar-refractivity contribution in [1.29, 1.82) is 0 Å². The zero-order valence-electron chi connectivity index (χ0n) is 22.7. The summed E-state index contributed by atoms with van der Waals surface area (Å²) in [5.41, 5.74) is 6.24. The van der Waals surface area contributed by atoms with Crippen LogP contribution >= 0.6 is 0 Å². The van der Waals surface area contributed by atoms with E-state index in [1.165, 1.54) is 16.7 Å². The molecule has 0 saturated heterocycles. The van der Waals surface area contributed by atoms with Gasteiger partial charge in [0.15, 0.2) is 5.78 Å². The van der Waals surface area contributed by atoms with Gasteiger partial charge in [0, 0.05) is 29.7 Å². The van der Waals surface area contributed by atoms with Crippen molar-refractivity contribution in [3.05, 3.63) is 130 Å². The molecule has 1 atom stereocenters. The van der Waals surface area contributed by atoms with Gasteiger partial charge in [-0.2, -0.15) is 0 Å². The van der Waals surface area contributed by atoms with Crippen molar-refractivity contribution in [2.24, 2.45) is 0 Å². The van der Waals surface area contributed by atoms with E-state index in [-0.39, 0.29) is 12.2 Å². The van der Waals surface area contributed by atoms with Crippen LogP contribution in [0.25, 0.3) is 0 Å². The fourth-order valence-corrected chi connectivity index (χ4v) is 4.53. The second-order valence-electron chi connectivity index (χ2n) is 10.1. The summed E-state index contributed by atoms with van der Waals surface area (Å²) in [6, 6.07) is 29.2.